The van der Waals surface area contributed by atoms with E-state index in [-0.39, 0.29) is 30.0 Å². The Morgan fingerprint density at radius 3 is 2.77 bits per heavy atom. The number of furan rings is 1. The van der Waals surface area contributed by atoms with Crippen molar-refractivity contribution in [3.8, 4) is 0 Å². The zero-order chi connectivity index (χ0) is 17.6. The van der Waals surface area contributed by atoms with Crippen LogP contribution in [0.5, 0.6) is 0 Å². The summed E-state index contributed by atoms with van der Waals surface area (Å²) in [7, 11) is 0. The largest absolute Gasteiger partial charge is 0.459 e. The normalized spacial score (nSPS) is 16.0. The summed E-state index contributed by atoms with van der Waals surface area (Å²) >= 11 is 0. The molecule has 140 valence electrons. The molecule has 1 aromatic heterocycles. The predicted molar refractivity (Wildman–Crippen MR) is 104 cm³/mol. The Morgan fingerprint density at radius 2 is 2.12 bits per heavy atom. The molecule has 2 heterocycles. The van der Waals surface area contributed by atoms with E-state index < -0.39 is 0 Å². The van der Waals surface area contributed by atoms with Crippen LogP contribution in [0.2, 0.25) is 0 Å². The summed E-state index contributed by atoms with van der Waals surface area (Å²) in [5.41, 5.74) is 2.30. The van der Waals surface area contributed by atoms with Crippen molar-refractivity contribution in [2.75, 3.05) is 23.7 Å². The molecule has 1 atom stereocenters. The smallest absolute Gasteiger partial charge is 0.291 e. The summed E-state index contributed by atoms with van der Waals surface area (Å²) in [5, 5.41) is 9.04. The molecule has 3 N–H and O–H groups in total. The average Bonchev–Trinajstić information content (AvgIpc) is 3.29. The zero-order valence-corrected chi connectivity index (χ0v) is 15.5. The molecule has 0 bridgehead atoms. The molecule has 7 heteroatoms. The number of carbonyl (C=O) groups is 2. The summed E-state index contributed by atoms with van der Waals surface area (Å²) in [6.07, 6.45) is 4.05. The summed E-state index contributed by atoms with van der Waals surface area (Å²) in [6, 6.07) is 8.71. The fourth-order valence-corrected chi connectivity index (χ4v) is 2.99. The monoisotopic (exact) mass is 377 g/mol. The Morgan fingerprint density at radius 1 is 1.27 bits per heavy atom. The van der Waals surface area contributed by atoms with Gasteiger partial charge in [0, 0.05) is 17.8 Å². The molecule has 3 rings (SSSR count). The zero-order valence-electron chi connectivity index (χ0n) is 14.7. The van der Waals surface area contributed by atoms with Crippen LogP contribution in [0.25, 0.3) is 0 Å². The quantitative estimate of drug-likeness (QED) is 0.718. The van der Waals surface area contributed by atoms with Gasteiger partial charge in [-0.2, -0.15) is 0 Å². The van der Waals surface area contributed by atoms with Crippen LogP contribution >= 0.6 is 12.4 Å². The van der Waals surface area contributed by atoms with Crippen LogP contribution < -0.4 is 16.0 Å². The molecule has 0 radical (unpaired) electrons. The third-order valence-electron chi connectivity index (χ3n) is 4.45. The summed E-state index contributed by atoms with van der Waals surface area (Å²) in [5.74, 6) is 0.596. The van der Waals surface area contributed by atoms with Gasteiger partial charge in [0.1, 0.15) is 0 Å². The van der Waals surface area contributed by atoms with E-state index in [9.17, 15) is 9.59 Å². The number of amides is 2. The minimum atomic E-state index is -0.296. The van der Waals surface area contributed by atoms with E-state index in [0.29, 0.717) is 18.0 Å². The number of anilines is 2. The first-order chi connectivity index (χ1) is 12.1. The van der Waals surface area contributed by atoms with Gasteiger partial charge in [0.05, 0.1) is 6.26 Å². The van der Waals surface area contributed by atoms with E-state index in [0.717, 1.165) is 37.2 Å². The van der Waals surface area contributed by atoms with Crippen molar-refractivity contribution >= 4 is 35.6 Å². The van der Waals surface area contributed by atoms with Gasteiger partial charge in [-0.25, -0.2) is 0 Å². The molecule has 1 fully saturated rings. The van der Waals surface area contributed by atoms with Crippen molar-refractivity contribution in [2.45, 2.75) is 26.2 Å². The number of benzene rings is 1. The van der Waals surface area contributed by atoms with Gasteiger partial charge in [0.25, 0.3) is 5.91 Å². The average molecular weight is 378 g/mol. The number of rotatable bonds is 6. The maximum atomic E-state index is 12.1. The van der Waals surface area contributed by atoms with Crippen molar-refractivity contribution in [3.63, 3.8) is 0 Å². The lowest BCUT2D eigenvalue weighted by molar-refractivity contribution is -0.116. The van der Waals surface area contributed by atoms with Crippen molar-refractivity contribution in [1.29, 1.82) is 0 Å². The van der Waals surface area contributed by atoms with Gasteiger partial charge in [-0.05, 0) is 74.7 Å². The maximum Gasteiger partial charge on any atom is 0.291 e. The number of carbonyl (C=O) groups excluding carboxylic acids is 2. The predicted octanol–water partition coefficient (Wildman–Crippen LogP) is 3.59. The first-order valence-corrected chi connectivity index (χ1v) is 8.58. The molecule has 1 saturated heterocycles. The van der Waals surface area contributed by atoms with Gasteiger partial charge in [0.2, 0.25) is 5.91 Å². The Hall–Kier alpha value is -2.31. The molecule has 0 spiro atoms. The van der Waals surface area contributed by atoms with Gasteiger partial charge in [-0.15, -0.1) is 12.4 Å². The fraction of sp³-hybridized carbons (Fsp3) is 0.368. The molecule has 1 aromatic carbocycles. The highest BCUT2D eigenvalue weighted by Crippen LogP contribution is 2.21. The molecule has 0 saturated carbocycles. The number of nitrogens with one attached hydrogen (secondary N) is 3. The van der Waals surface area contributed by atoms with E-state index >= 15 is 0 Å². The summed E-state index contributed by atoms with van der Waals surface area (Å²) in [4.78, 5) is 24.1. The van der Waals surface area contributed by atoms with Gasteiger partial charge < -0.3 is 20.4 Å². The first kappa shape index (κ1) is 20.0. The van der Waals surface area contributed by atoms with Crippen LogP contribution in [0.3, 0.4) is 0 Å². The SMILES string of the molecule is Cc1cc(NC(=O)CCC2CCNC2)ccc1NC(=O)c1ccco1.Cl. The van der Waals surface area contributed by atoms with E-state index in [4.69, 9.17) is 4.42 Å². The molecule has 2 amide bonds. The summed E-state index contributed by atoms with van der Waals surface area (Å²) < 4.78 is 5.08. The van der Waals surface area contributed by atoms with E-state index in [1.807, 2.05) is 13.0 Å². The number of aryl methyl sites for hydroxylation is 1. The second kappa shape index (κ2) is 9.40. The van der Waals surface area contributed by atoms with E-state index in [1.54, 1.807) is 24.3 Å². The lowest BCUT2D eigenvalue weighted by Crippen LogP contribution is -2.15. The van der Waals surface area contributed by atoms with Crippen LogP contribution in [-0.2, 0) is 4.79 Å². The third-order valence-corrected chi connectivity index (χ3v) is 4.45. The number of halogens is 1. The topological polar surface area (TPSA) is 83.4 Å². The molecular weight excluding hydrogens is 354 g/mol. The molecule has 0 aliphatic carbocycles. The molecule has 1 aliphatic heterocycles. The van der Waals surface area contributed by atoms with Crippen molar-refractivity contribution in [3.05, 3.63) is 47.9 Å². The van der Waals surface area contributed by atoms with Gasteiger partial charge in [0.15, 0.2) is 5.76 Å². The van der Waals surface area contributed by atoms with Crippen molar-refractivity contribution < 1.29 is 14.0 Å². The maximum absolute atomic E-state index is 12.1. The number of hydrogen-bond acceptors (Lipinski definition) is 4. The number of hydrogen-bond donors (Lipinski definition) is 3. The Bertz CT molecular complexity index is 740. The minimum absolute atomic E-state index is 0. The highest BCUT2D eigenvalue weighted by Gasteiger charge is 2.16. The van der Waals surface area contributed by atoms with E-state index in [1.165, 1.54) is 6.26 Å². The van der Waals surface area contributed by atoms with Gasteiger partial charge in [-0.1, -0.05) is 0 Å². The van der Waals surface area contributed by atoms with Crippen LogP contribution in [0.1, 0.15) is 35.4 Å². The molecule has 6 nitrogen and oxygen atoms in total. The lowest BCUT2D eigenvalue weighted by Gasteiger charge is -2.11. The highest BCUT2D eigenvalue weighted by molar-refractivity contribution is 6.02. The second-order valence-electron chi connectivity index (χ2n) is 6.41. The van der Waals surface area contributed by atoms with Crippen molar-refractivity contribution in [2.24, 2.45) is 5.92 Å². The molecule has 1 aliphatic rings. The van der Waals surface area contributed by atoms with Crippen LogP contribution in [0.4, 0.5) is 11.4 Å². The lowest BCUT2D eigenvalue weighted by atomic mass is 10.0. The summed E-state index contributed by atoms with van der Waals surface area (Å²) in [6.45, 7) is 3.95. The Balaban J connectivity index is 0.00000243. The minimum Gasteiger partial charge on any atom is -0.459 e. The Labute approximate surface area is 159 Å². The Kier molecular flexibility index (Phi) is 7.24. The third kappa shape index (κ3) is 5.34. The van der Waals surface area contributed by atoms with Crippen LogP contribution in [-0.4, -0.2) is 24.9 Å². The van der Waals surface area contributed by atoms with E-state index in [2.05, 4.69) is 16.0 Å². The van der Waals surface area contributed by atoms with Crippen LogP contribution in [0, 0.1) is 12.8 Å². The first-order valence-electron chi connectivity index (χ1n) is 8.58. The molecule has 26 heavy (non-hydrogen) atoms. The van der Waals surface area contributed by atoms with Crippen LogP contribution in [0.15, 0.2) is 41.0 Å². The molecular formula is C19H24ClN3O3. The second-order valence-corrected chi connectivity index (χ2v) is 6.41. The van der Waals surface area contributed by atoms with Gasteiger partial charge in [-0.3, -0.25) is 9.59 Å². The van der Waals surface area contributed by atoms with Gasteiger partial charge >= 0.3 is 0 Å². The van der Waals surface area contributed by atoms with Crippen molar-refractivity contribution in [1.82, 2.24) is 5.32 Å². The highest BCUT2D eigenvalue weighted by atomic mass is 35.5. The molecule has 1 unspecified atom stereocenters. The fourth-order valence-electron chi connectivity index (χ4n) is 2.99. The standard InChI is InChI=1S/C19H23N3O3.ClH/c1-13-11-15(21-18(23)7-4-14-8-9-20-12-14)5-6-16(13)22-19(24)17-3-2-10-25-17;/h2-3,5-6,10-11,14,20H,4,7-9,12H2,1H3,(H,21,23)(H,22,24);1H. The molecule has 2 aromatic rings.